The number of rotatable bonds is 17. The molecule has 2 heterocycles. The van der Waals surface area contributed by atoms with E-state index in [9.17, 15) is 36.0 Å². The Morgan fingerprint density at radius 3 is 1.08 bits per heavy atom. The van der Waals surface area contributed by atoms with E-state index >= 15 is 0 Å². The summed E-state index contributed by atoms with van der Waals surface area (Å²) in [7, 11) is -5.97. The molecule has 484 valence electrons. The number of benzene rings is 8. The third-order valence-electron chi connectivity index (χ3n) is 14.6. The zero-order valence-corrected chi connectivity index (χ0v) is 55.5. The molecule has 0 saturated carbocycles. The maximum absolute atomic E-state index is 12.9. The van der Waals surface area contributed by atoms with Crippen LogP contribution in [0.3, 0.4) is 0 Å². The molecule has 0 saturated heterocycles. The molecule has 4 amide bonds. The summed E-state index contributed by atoms with van der Waals surface area (Å²) in [6, 6.07) is 54.0. The van der Waals surface area contributed by atoms with Crippen LogP contribution in [0.4, 0.5) is 0 Å². The summed E-state index contributed by atoms with van der Waals surface area (Å²) in [5, 5.41) is 14.6. The van der Waals surface area contributed by atoms with E-state index in [4.69, 9.17) is 27.0 Å². The van der Waals surface area contributed by atoms with Crippen LogP contribution in [-0.2, 0) is 19.7 Å². The van der Waals surface area contributed by atoms with Gasteiger partial charge in [-0.15, -0.1) is 11.8 Å². The molecule has 8 aromatic rings. The van der Waals surface area contributed by atoms with Gasteiger partial charge in [0.2, 0.25) is 0 Å². The number of nitrogens with zero attached hydrogens (tertiary/aromatic N) is 2. The Hall–Kier alpha value is -9.05. The molecule has 8 N–H and O–H groups in total. The maximum atomic E-state index is 12.9. The van der Waals surface area contributed by atoms with Crippen molar-refractivity contribution >= 4 is 91.5 Å². The monoisotopic (exact) mass is 1300 g/mol. The van der Waals surface area contributed by atoms with Gasteiger partial charge in [-0.05, 0) is 176 Å². The highest BCUT2D eigenvalue weighted by Crippen LogP contribution is 2.28. The van der Waals surface area contributed by atoms with Crippen molar-refractivity contribution in [3.05, 3.63) is 265 Å². The lowest BCUT2D eigenvalue weighted by molar-refractivity contribution is 0.0648. The number of hydrogen-bond donors (Lipinski definition) is 5. The van der Waals surface area contributed by atoms with Crippen molar-refractivity contribution in [2.45, 2.75) is 63.2 Å². The Morgan fingerprint density at radius 1 is 0.446 bits per heavy atom. The van der Waals surface area contributed by atoms with Gasteiger partial charge < -0.3 is 21.4 Å². The third kappa shape index (κ3) is 20.2. The summed E-state index contributed by atoms with van der Waals surface area (Å²) in [4.78, 5) is 53.9. The van der Waals surface area contributed by atoms with E-state index in [1.165, 1.54) is 38.8 Å². The zero-order valence-electron chi connectivity index (χ0n) is 53.0. The van der Waals surface area contributed by atoms with Crippen LogP contribution in [0.5, 0.6) is 0 Å². The molecule has 0 fully saturated rings. The number of amides is 4. The van der Waals surface area contributed by atoms with Crippen LogP contribution in [0.1, 0.15) is 117 Å². The van der Waals surface area contributed by atoms with Gasteiger partial charge in [-0.25, -0.2) is 27.9 Å². The second kappa shape index (κ2) is 36.7. The number of sulfone groups is 2. The molecular formula is C73H83N5O11S3. The molecule has 19 heteroatoms. The Labute approximate surface area is 546 Å². The first-order chi connectivity index (χ1) is 43.7. The first kappa shape index (κ1) is 75.4. The Kier molecular flexibility index (Phi) is 30.1. The summed E-state index contributed by atoms with van der Waals surface area (Å²) in [6.45, 7) is 14.7. The standard InChI is InChI=1S/C26H23NO4S.C26H23NO2S.C18H21NO2S.C2H6O.CH4O.H2N2.H2O.H2/c1-18-7-5-8-19(2)22(18)14-13-20-9-6-10-21(17-20)32(30,31)16-15-27-25(28)23-11-3-4-12-24(23)26(27)29;1-18-7-5-8-19(2)22(18)14-13-20-9-6-10-21(17-20)30-16-15-27-25(28)23-11-3-4-12-24(23)26(27)29;1-14-5-3-6-15(2)18(14)10-9-16-7-4-8-17(13-16)22(20,21)12-11-19;1-2-3;2*1-2;;/h3-14,17H,15-16H2,1-2H3;3-14,17H,15-16H2,1-2H3;3-10,13H,11-12,19H2,1-2H3;3H,2H2,1H3;2H,1H3;1-2H;1H2;1H/b2*14-13+;10-9+;;;;;. The van der Waals surface area contributed by atoms with Gasteiger partial charge in [0.1, 0.15) is 0 Å². The minimum Gasteiger partial charge on any atom is -0.412 e. The highest BCUT2D eigenvalue weighted by atomic mass is 32.2. The molecule has 0 radical (unpaired) electrons. The molecule has 0 spiro atoms. The highest BCUT2D eigenvalue weighted by molar-refractivity contribution is 7.99. The number of hydrogen-bond acceptors (Lipinski definition) is 14. The predicted molar refractivity (Wildman–Crippen MR) is 373 cm³/mol. The van der Waals surface area contributed by atoms with Gasteiger partial charge in [0.05, 0.1) is 43.6 Å². The van der Waals surface area contributed by atoms with Crippen LogP contribution in [0.25, 0.3) is 36.5 Å². The van der Waals surface area contributed by atoms with Gasteiger partial charge in [-0.2, -0.15) is 0 Å². The number of fused-ring (bicyclic) bond motifs is 2. The number of imide groups is 2. The van der Waals surface area contributed by atoms with Gasteiger partial charge in [-0.3, -0.25) is 29.0 Å². The average Bonchev–Trinajstić information content (AvgIpc) is 1.67. The molecule has 2 aliphatic rings. The van der Waals surface area contributed by atoms with Gasteiger partial charge in [0.15, 0.2) is 19.7 Å². The van der Waals surface area contributed by atoms with Crippen LogP contribution in [0.2, 0.25) is 0 Å². The quantitative estimate of drug-likeness (QED) is 0.0246. The summed E-state index contributed by atoms with van der Waals surface area (Å²) in [5.74, 6) is -0.991. The number of aryl methyl sites for hydroxylation is 6. The average molecular weight is 1300 g/mol. The molecule has 92 heavy (non-hydrogen) atoms. The van der Waals surface area contributed by atoms with Crippen molar-refractivity contribution in [2.24, 2.45) is 5.73 Å². The minimum absolute atomic E-state index is 0. The molecule has 10 rings (SSSR count). The van der Waals surface area contributed by atoms with E-state index < -0.39 is 31.5 Å². The molecule has 0 aliphatic carbocycles. The minimum atomic E-state index is -3.68. The van der Waals surface area contributed by atoms with E-state index in [-0.39, 0.29) is 54.8 Å². The number of aliphatic hydroxyl groups excluding tert-OH is 2. The Balaban J connectivity index is 0.000000348. The second-order valence-corrected chi connectivity index (χ2v) is 26.2. The molecular weight excluding hydrogens is 1220 g/mol. The molecule has 2 aliphatic heterocycles. The van der Waals surface area contributed by atoms with Crippen LogP contribution in [0, 0.1) is 52.6 Å². The smallest absolute Gasteiger partial charge is 0.261 e. The third-order valence-corrected chi connectivity index (χ3v) is 19.0. The Morgan fingerprint density at radius 2 is 0.739 bits per heavy atom. The number of aliphatic hydroxyl groups is 2. The van der Waals surface area contributed by atoms with Crippen molar-refractivity contribution in [1.29, 1.82) is 11.1 Å². The first-order valence-corrected chi connectivity index (χ1v) is 33.5. The van der Waals surface area contributed by atoms with Crippen molar-refractivity contribution < 1.29 is 53.1 Å². The van der Waals surface area contributed by atoms with Crippen LogP contribution in [-0.4, -0.2) is 117 Å². The number of thioether (sulfide) groups is 1. The van der Waals surface area contributed by atoms with E-state index in [0.717, 1.165) is 55.8 Å². The summed E-state index contributed by atoms with van der Waals surface area (Å²) < 4.78 is 50.0. The Bertz CT molecular complexity index is 4060. The predicted octanol–water partition coefficient (Wildman–Crippen LogP) is 13.2. The largest absolute Gasteiger partial charge is 0.412 e. The normalized spacial score (nSPS) is 12.3. The number of nitrogens with one attached hydrogen (secondary N) is 2. The van der Waals surface area contributed by atoms with Crippen molar-refractivity contribution in [2.75, 3.05) is 50.6 Å². The van der Waals surface area contributed by atoms with Gasteiger partial charge >= 0.3 is 0 Å². The molecule has 0 aromatic heterocycles. The molecule has 0 unspecified atom stereocenters. The SMILES string of the molecule is CCO.CO.Cc1cccc(C)c1/C=C/c1cccc(S(=O)(=O)CCN)c1.Cc1cccc(C)c1/C=C/c1cccc(S(=O)(=O)CCN2C(=O)c3ccccc3C2=O)c1.Cc1cccc(C)c1/C=C/c1cccc(SCCN2C(=O)c3ccccc3C2=O)c1.N=N.O.[HH]. The molecule has 0 atom stereocenters. The summed E-state index contributed by atoms with van der Waals surface area (Å²) in [5.41, 5.74) is 30.5. The lowest BCUT2D eigenvalue weighted by Gasteiger charge is -2.14. The fraction of sp³-hybridized carbons (Fsp3) is 0.205. The maximum Gasteiger partial charge on any atom is 0.261 e. The lowest BCUT2D eigenvalue weighted by atomic mass is 10.0. The second-order valence-electron chi connectivity index (χ2n) is 20.8. The molecule has 0 bridgehead atoms. The number of carbonyl (C=O) groups excluding carboxylic acids is 4. The first-order valence-electron chi connectivity index (χ1n) is 29.2. The molecule has 16 nitrogen and oxygen atoms in total. The van der Waals surface area contributed by atoms with Crippen molar-refractivity contribution in [1.82, 2.24) is 9.80 Å². The topological polar surface area (TPSA) is 289 Å². The van der Waals surface area contributed by atoms with Gasteiger partial charge in [-0.1, -0.05) is 152 Å². The lowest BCUT2D eigenvalue weighted by Crippen LogP contribution is -2.34. The zero-order chi connectivity index (χ0) is 66.8. The highest BCUT2D eigenvalue weighted by Gasteiger charge is 2.36. The van der Waals surface area contributed by atoms with E-state index in [2.05, 4.69) is 88.4 Å². The summed E-state index contributed by atoms with van der Waals surface area (Å²) >= 11 is 1.65. The number of carbonyl (C=O) groups is 4. The van der Waals surface area contributed by atoms with Crippen LogP contribution >= 0.6 is 11.8 Å². The fourth-order valence-corrected chi connectivity index (χ4v) is 13.2. The fourth-order valence-electron chi connectivity index (χ4n) is 9.88. The van der Waals surface area contributed by atoms with Crippen LogP contribution in [0.15, 0.2) is 191 Å². The number of nitrogens with two attached hydrogens (primary N) is 1. The molecule has 8 aromatic carbocycles. The van der Waals surface area contributed by atoms with E-state index in [1.807, 2.05) is 80.6 Å². The van der Waals surface area contributed by atoms with E-state index in [1.54, 1.807) is 97.5 Å². The van der Waals surface area contributed by atoms with E-state index in [0.29, 0.717) is 39.4 Å². The van der Waals surface area contributed by atoms with Crippen molar-refractivity contribution in [3.63, 3.8) is 0 Å². The summed E-state index contributed by atoms with van der Waals surface area (Å²) in [6.07, 6.45) is 12.1. The van der Waals surface area contributed by atoms with Gasteiger partial charge in [0, 0.05) is 45.4 Å². The van der Waals surface area contributed by atoms with Gasteiger partial charge in [0.25, 0.3) is 23.6 Å². The van der Waals surface area contributed by atoms with Crippen molar-refractivity contribution in [3.8, 4) is 0 Å². The van der Waals surface area contributed by atoms with Crippen LogP contribution < -0.4 is 5.73 Å².